The number of ether oxygens (including phenoxy) is 2. The van der Waals surface area contributed by atoms with Gasteiger partial charge in [0, 0.05) is 0 Å². The van der Waals surface area contributed by atoms with Crippen molar-refractivity contribution >= 4 is 5.97 Å². The fourth-order valence-corrected chi connectivity index (χ4v) is 3.81. The molecule has 130 valence electrons. The number of methoxy groups -OCH3 is 1. The molecule has 0 amide bonds. The zero-order valence-corrected chi connectivity index (χ0v) is 14.9. The van der Waals surface area contributed by atoms with E-state index in [1.54, 1.807) is 0 Å². The molecule has 4 rings (SSSR count). The molecule has 3 nitrogen and oxygen atoms in total. The van der Waals surface area contributed by atoms with E-state index in [2.05, 4.69) is 37.3 Å². The Bertz CT molecular complexity index is 818. The molecule has 2 aromatic carbocycles. The summed E-state index contributed by atoms with van der Waals surface area (Å²) in [5.41, 5.74) is 7.35. The third-order valence-corrected chi connectivity index (χ3v) is 5.34. The molecule has 3 heteroatoms. The molecule has 0 unspecified atom stereocenters. The monoisotopic (exact) mass is 336 g/mol. The summed E-state index contributed by atoms with van der Waals surface area (Å²) in [5.74, 6) is 1.45. The SMILES string of the molecule is COC(=O)Cc1c(C)ccc(C2CC2)c1-c1ccc2c(c1)CCCO2. The van der Waals surface area contributed by atoms with Crippen molar-refractivity contribution in [3.8, 4) is 16.9 Å². The highest BCUT2D eigenvalue weighted by Gasteiger charge is 2.29. The molecule has 0 spiro atoms. The van der Waals surface area contributed by atoms with Crippen molar-refractivity contribution in [2.24, 2.45) is 0 Å². The topological polar surface area (TPSA) is 35.5 Å². The number of carbonyl (C=O) groups is 1. The van der Waals surface area contributed by atoms with Gasteiger partial charge in [-0.1, -0.05) is 18.2 Å². The predicted molar refractivity (Wildman–Crippen MR) is 98.1 cm³/mol. The van der Waals surface area contributed by atoms with Crippen LogP contribution >= 0.6 is 0 Å². The van der Waals surface area contributed by atoms with Crippen LogP contribution in [0.4, 0.5) is 0 Å². The van der Waals surface area contributed by atoms with Gasteiger partial charge < -0.3 is 9.47 Å². The van der Waals surface area contributed by atoms with Crippen LogP contribution in [0, 0.1) is 6.92 Å². The van der Waals surface area contributed by atoms with Crippen LogP contribution in [-0.2, 0) is 22.4 Å². The van der Waals surface area contributed by atoms with Crippen LogP contribution in [0.5, 0.6) is 5.75 Å². The summed E-state index contributed by atoms with van der Waals surface area (Å²) in [4.78, 5) is 12.0. The molecule has 1 aliphatic heterocycles. The van der Waals surface area contributed by atoms with Gasteiger partial charge in [0.15, 0.2) is 0 Å². The first kappa shape index (κ1) is 16.2. The van der Waals surface area contributed by atoms with Gasteiger partial charge in [0.2, 0.25) is 0 Å². The second-order valence-corrected chi connectivity index (χ2v) is 7.13. The van der Waals surface area contributed by atoms with Gasteiger partial charge in [0.25, 0.3) is 0 Å². The van der Waals surface area contributed by atoms with E-state index in [9.17, 15) is 4.79 Å². The van der Waals surface area contributed by atoms with E-state index in [-0.39, 0.29) is 5.97 Å². The van der Waals surface area contributed by atoms with Crippen molar-refractivity contribution in [1.82, 2.24) is 0 Å². The molecule has 2 aromatic rings. The first-order valence-electron chi connectivity index (χ1n) is 9.12. The van der Waals surface area contributed by atoms with E-state index in [4.69, 9.17) is 9.47 Å². The van der Waals surface area contributed by atoms with Gasteiger partial charge in [0.1, 0.15) is 5.75 Å². The molecule has 2 aliphatic rings. The van der Waals surface area contributed by atoms with Gasteiger partial charge in [-0.2, -0.15) is 0 Å². The lowest BCUT2D eigenvalue weighted by atomic mass is 9.86. The zero-order chi connectivity index (χ0) is 17.4. The highest BCUT2D eigenvalue weighted by atomic mass is 16.5. The lowest BCUT2D eigenvalue weighted by Gasteiger charge is -2.21. The molecule has 0 radical (unpaired) electrons. The van der Waals surface area contributed by atoms with E-state index in [0.717, 1.165) is 36.3 Å². The van der Waals surface area contributed by atoms with Crippen LogP contribution in [0.1, 0.15) is 47.4 Å². The third kappa shape index (κ3) is 3.15. The quantitative estimate of drug-likeness (QED) is 0.767. The molecule has 0 aromatic heterocycles. The molecule has 0 bridgehead atoms. The minimum Gasteiger partial charge on any atom is -0.493 e. The van der Waals surface area contributed by atoms with Gasteiger partial charge in [0.05, 0.1) is 20.1 Å². The lowest BCUT2D eigenvalue weighted by Crippen LogP contribution is -2.10. The zero-order valence-electron chi connectivity index (χ0n) is 14.9. The van der Waals surface area contributed by atoms with Crippen molar-refractivity contribution in [2.75, 3.05) is 13.7 Å². The number of aryl methyl sites for hydroxylation is 2. The Kier molecular flexibility index (Phi) is 4.24. The lowest BCUT2D eigenvalue weighted by molar-refractivity contribution is -0.139. The van der Waals surface area contributed by atoms with Crippen molar-refractivity contribution in [3.05, 3.63) is 52.6 Å². The summed E-state index contributed by atoms with van der Waals surface area (Å²) in [7, 11) is 1.46. The van der Waals surface area contributed by atoms with Crippen LogP contribution in [-0.4, -0.2) is 19.7 Å². The van der Waals surface area contributed by atoms with Gasteiger partial charge >= 0.3 is 5.97 Å². The molecule has 25 heavy (non-hydrogen) atoms. The van der Waals surface area contributed by atoms with Gasteiger partial charge in [-0.15, -0.1) is 0 Å². The van der Waals surface area contributed by atoms with Crippen LogP contribution in [0.15, 0.2) is 30.3 Å². The largest absolute Gasteiger partial charge is 0.493 e. The predicted octanol–water partition coefficient (Wildman–Crippen LogP) is 4.58. The Labute approximate surface area is 149 Å². The molecule has 1 fully saturated rings. The van der Waals surface area contributed by atoms with Crippen LogP contribution in [0.3, 0.4) is 0 Å². The van der Waals surface area contributed by atoms with E-state index in [1.165, 1.54) is 42.2 Å². The summed E-state index contributed by atoms with van der Waals surface area (Å²) >= 11 is 0. The van der Waals surface area contributed by atoms with Crippen LogP contribution in [0.2, 0.25) is 0 Å². The molecule has 1 saturated carbocycles. The second kappa shape index (κ2) is 6.55. The van der Waals surface area contributed by atoms with Crippen LogP contribution < -0.4 is 4.74 Å². The summed E-state index contributed by atoms with van der Waals surface area (Å²) < 4.78 is 10.7. The first-order chi connectivity index (χ1) is 12.2. The molecule has 1 heterocycles. The average Bonchev–Trinajstić information content (AvgIpc) is 3.47. The Morgan fingerprint density at radius 1 is 1.24 bits per heavy atom. The number of benzene rings is 2. The molecule has 1 aliphatic carbocycles. The van der Waals surface area contributed by atoms with E-state index in [1.807, 2.05) is 0 Å². The number of hydrogen-bond acceptors (Lipinski definition) is 3. The van der Waals surface area contributed by atoms with Crippen molar-refractivity contribution in [2.45, 2.75) is 44.9 Å². The highest BCUT2D eigenvalue weighted by Crippen LogP contribution is 2.47. The van der Waals surface area contributed by atoms with Crippen LogP contribution in [0.25, 0.3) is 11.1 Å². The maximum Gasteiger partial charge on any atom is 0.310 e. The van der Waals surface area contributed by atoms with Gasteiger partial charge in [-0.05, 0) is 84.0 Å². The highest BCUT2D eigenvalue weighted by molar-refractivity contribution is 5.81. The minimum atomic E-state index is -0.182. The van der Waals surface area contributed by atoms with Crippen molar-refractivity contribution in [1.29, 1.82) is 0 Å². The Hall–Kier alpha value is -2.29. The fraction of sp³-hybridized carbons (Fsp3) is 0.409. The summed E-state index contributed by atoms with van der Waals surface area (Å²) in [6, 6.07) is 10.9. The maximum atomic E-state index is 12.0. The summed E-state index contributed by atoms with van der Waals surface area (Å²) in [6.45, 7) is 2.89. The van der Waals surface area contributed by atoms with E-state index < -0.39 is 0 Å². The Balaban J connectivity index is 1.86. The number of hydrogen-bond donors (Lipinski definition) is 0. The van der Waals surface area contributed by atoms with E-state index in [0.29, 0.717) is 12.3 Å². The first-order valence-corrected chi connectivity index (χ1v) is 9.12. The molecular weight excluding hydrogens is 312 g/mol. The second-order valence-electron chi connectivity index (χ2n) is 7.13. The number of esters is 1. The Morgan fingerprint density at radius 3 is 2.84 bits per heavy atom. The third-order valence-electron chi connectivity index (χ3n) is 5.34. The number of rotatable bonds is 4. The van der Waals surface area contributed by atoms with Gasteiger partial charge in [-0.3, -0.25) is 4.79 Å². The molecule has 0 atom stereocenters. The van der Waals surface area contributed by atoms with Crippen molar-refractivity contribution < 1.29 is 14.3 Å². The normalized spacial score (nSPS) is 16.1. The smallest absolute Gasteiger partial charge is 0.310 e. The molecule has 0 N–H and O–H groups in total. The fourth-order valence-electron chi connectivity index (χ4n) is 3.81. The van der Waals surface area contributed by atoms with E-state index >= 15 is 0 Å². The maximum absolute atomic E-state index is 12.0. The van der Waals surface area contributed by atoms with Crippen molar-refractivity contribution in [3.63, 3.8) is 0 Å². The summed E-state index contributed by atoms with van der Waals surface area (Å²) in [5, 5.41) is 0. The standard InChI is InChI=1S/C22H24O3/c1-14-5-9-18(15-6-7-15)22(19(14)13-21(23)24-2)17-8-10-20-16(12-17)4-3-11-25-20/h5,8-10,12,15H,3-4,6-7,11,13H2,1-2H3. The summed E-state index contributed by atoms with van der Waals surface area (Å²) in [6.07, 6.45) is 4.92. The minimum absolute atomic E-state index is 0.182. The average molecular weight is 336 g/mol. The number of fused-ring (bicyclic) bond motifs is 1. The molecular formula is C22H24O3. The van der Waals surface area contributed by atoms with Gasteiger partial charge in [-0.25, -0.2) is 0 Å². The Morgan fingerprint density at radius 2 is 2.08 bits per heavy atom. The molecule has 0 saturated heterocycles. The number of carbonyl (C=O) groups excluding carboxylic acids is 1.